The Bertz CT molecular complexity index is 447. The van der Waals surface area contributed by atoms with Crippen molar-refractivity contribution in [2.24, 2.45) is 0 Å². The van der Waals surface area contributed by atoms with Crippen LogP contribution < -0.4 is 10.1 Å². The Morgan fingerprint density at radius 1 is 1.56 bits per heavy atom. The van der Waals surface area contributed by atoms with E-state index in [1.54, 1.807) is 0 Å². The van der Waals surface area contributed by atoms with E-state index in [1.165, 1.54) is 26.2 Å². The molecule has 1 N–H and O–H groups in total. The Hall–Kier alpha value is -1.63. The lowest BCUT2D eigenvalue weighted by Crippen LogP contribution is -2.07. The largest absolute Gasteiger partial charge is 0.494 e. The highest BCUT2D eigenvalue weighted by molar-refractivity contribution is 9.10. The number of methoxy groups -OCH3 is 1. The van der Waals surface area contributed by atoms with Gasteiger partial charge in [0.2, 0.25) is 5.91 Å². The lowest BCUT2D eigenvalue weighted by atomic mass is 10.2. The van der Waals surface area contributed by atoms with Crippen LogP contribution in [0.1, 0.15) is 6.92 Å². The molecule has 0 fully saturated rings. The van der Waals surface area contributed by atoms with Crippen LogP contribution in [0.2, 0.25) is 0 Å². The topological polar surface area (TPSA) is 81.5 Å². The van der Waals surface area contributed by atoms with E-state index in [1.807, 2.05) is 0 Å². The Morgan fingerprint density at radius 2 is 2.19 bits per heavy atom. The van der Waals surface area contributed by atoms with E-state index in [0.29, 0.717) is 5.69 Å². The summed E-state index contributed by atoms with van der Waals surface area (Å²) >= 11 is 3.05. The van der Waals surface area contributed by atoms with E-state index < -0.39 is 4.92 Å². The van der Waals surface area contributed by atoms with E-state index in [0.717, 1.165) is 0 Å². The van der Waals surface area contributed by atoms with Crippen LogP contribution in [0.3, 0.4) is 0 Å². The summed E-state index contributed by atoms with van der Waals surface area (Å²) in [5.41, 5.74) is 0.262. The highest BCUT2D eigenvalue weighted by Gasteiger charge is 2.17. The number of nitrogens with zero attached hydrogens (tertiary/aromatic N) is 1. The standard InChI is InChI=1S/C9H9BrN2O4/c1-5(13)11-7-3-6(10)8(12(14)15)4-9(7)16-2/h3-4H,1-2H3,(H,11,13). The number of amides is 1. The van der Waals surface area contributed by atoms with Gasteiger partial charge in [-0.1, -0.05) is 0 Å². The molecule has 0 bridgehead atoms. The van der Waals surface area contributed by atoms with Crippen molar-refractivity contribution >= 4 is 33.2 Å². The van der Waals surface area contributed by atoms with Gasteiger partial charge in [-0.3, -0.25) is 14.9 Å². The average molecular weight is 289 g/mol. The molecule has 0 atom stereocenters. The maximum absolute atomic E-state index is 10.9. The van der Waals surface area contributed by atoms with Crippen molar-refractivity contribution in [3.63, 3.8) is 0 Å². The summed E-state index contributed by atoms with van der Waals surface area (Å²) in [5, 5.41) is 13.2. The maximum atomic E-state index is 10.9. The molecule has 1 aromatic rings. The molecule has 0 aliphatic heterocycles. The first-order chi connectivity index (χ1) is 7.45. The van der Waals surface area contributed by atoms with Crippen LogP contribution in [0.15, 0.2) is 16.6 Å². The molecule has 7 heteroatoms. The molecule has 0 unspecified atom stereocenters. The lowest BCUT2D eigenvalue weighted by molar-refractivity contribution is -0.385. The molecule has 0 aliphatic carbocycles. The van der Waals surface area contributed by atoms with Crippen molar-refractivity contribution in [1.29, 1.82) is 0 Å². The zero-order valence-electron chi connectivity index (χ0n) is 8.61. The summed E-state index contributed by atoms with van der Waals surface area (Å²) in [7, 11) is 1.37. The molecule has 0 spiro atoms. The van der Waals surface area contributed by atoms with Gasteiger partial charge in [0.05, 0.1) is 28.3 Å². The van der Waals surface area contributed by atoms with E-state index in [2.05, 4.69) is 21.2 Å². The molecule has 0 radical (unpaired) electrons. The number of nitro benzene ring substituents is 1. The van der Waals surface area contributed by atoms with Gasteiger partial charge >= 0.3 is 0 Å². The van der Waals surface area contributed by atoms with Crippen molar-refractivity contribution in [2.75, 3.05) is 12.4 Å². The number of nitro groups is 1. The summed E-state index contributed by atoms with van der Waals surface area (Å²) in [6, 6.07) is 2.67. The molecule has 0 aromatic heterocycles. The number of ether oxygens (including phenoxy) is 1. The highest BCUT2D eigenvalue weighted by atomic mass is 79.9. The number of halogens is 1. The van der Waals surface area contributed by atoms with Crippen LogP contribution in [0.25, 0.3) is 0 Å². The average Bonchev–Trinajstić information content (AvgIpc) is 2.16. The molecule has 86 valence electrons. The Morgan fingerprint density at radius 3 is 2.62 bits per heavy atom. The Labute approximate surface area is 99.9 Å². The number of hydrogen-bond donors (Lipinski definition) is 1. The summed E-state index contributed by atoms with van der Waals surface area (Å²) in [6.07, 6.45) is 0. The second-order valence-corrected chi connectivity index (χ2v) is 3.80. The van der Waals surface area contributed by atoms with Crippen molar-refractivity contribution in [3.8, 4) is 5.75 Å². The lowest BCUT2D eigenvalue weighted by Gasteiger charge is -2.09. The number of rotatable bonds is 3. The predicted molar refractivity (Wildman–Crippen MR) is 61.7 cm³/mol. The summed E-state index contributed by atoms with van der Waals surface area (Å²) in [6.45, 7) is 1.34. The fourth-order valence-electron chi connectivity index (χ4n) is 1.14. The highest BCUT2D eigenvalue weighted by Crippen LogP contribution is 2.35. The van der Waals surface area contributed by atoms with E-state index in [4.69, 9.17) is 4.74 Å². The third-order valence-corrected chi connectivity index (χ3v) is 2.41. The predicted octanol–water partition coefficient (Wildman–Crippen LogP) is 2.32. The van der Waals surface area contributed by atoms with Crippen molar-refractivity contribution in [3.05, 3.63) is 26.7 Å². The van der Waals surface area contributed by atoms with Crippen LogP contribution in [-0.2, 0) is 4.79 Å². The quantitative estimate of drug-likeness (QED) is 0.684. The van der Waals surface area contributed by atoms with E-state index in [-0.39, 0.29) is 21.8 Å². The number of carbonyl (C=O) groups is 1. The normalized spacial score (nSPS) is 9.69. The minimum Gasteiger partial charge on any atom is -0.494 e. The van der Waals surface area contributed by atoms with Gasteiger partial charge in [0.15, 0.2) is 0 Å². The van der Waals surface area contributed by atoms with Gasteiger partial charge in [-0.15, -0.1) is 0 Å². The number of hydrogen-bond acceptors (Lipinski definition) is 4. The third-order valence-electron chi connectivity index (χ3n) is 1.78. The SMILES string of the molecule is COc1cc([N+](=O)[O-])c(Br)cc1NC(C)=O. The van der Waals surface area contributed by atoms with Gasteiger partial charge in [0.1, 0.15) is 5.75 Å². The molecular formula is C9H9BrN2O4. The summed E-state index contributed by atoms with van der Waals surface area (Å²) in [4.78, 5) is 21.0. The van der Waals surface area contributed by atoms with Crippen molar-refractivity contribution in [1.82, 2.24) is 0 Å². The molecule has 16 heavy (non-hydrogen) atoms. The second-order valence-electron chi connectivity index (χ2n) is 2.94. The van der Waals surface area contributed by atoms with Crippen molar-refractivity contribution in [2.45, 2.75) is 6.92 Å². The Kier molecular flexibility index (Phi) is 3.83. The molecule has 0 saturated heterocycles. The number of nitrogens with one attached hydrogen (secondary N) is 1. The molecule has 0 aliphatic rings. The summed E-state index contributed by atoms with van der Waals surface area (Å²) < 4.78 is 5.23. The first-order valence-corrected chi connectivity index (χ1v) is 5.04. The smallest absolute Gasteiger partial charge is 0.287 e. The van der Waals surface area contributed by atoms with Gasteiger partial charge in [0.25, 0.3) is 5.69 Å². The number of anilines is 1. The van der Waals surface area contributed by atoms with E-state index >= 15 is 0 Å². The van der Waals surface area contributed by atoms with Gasteiger partial charge in [-0.25, -0.2) is 0 Å². The first-order valence-electron chi connectivity index (χ1n) is 4.25. The first kappa shape index (κ1) is 12.4. The van der Waals surface area contributed by atoms with Crippen molar-refractivity contribution < 1.29 is 14.5 Å². The molecule has 0 heterocycles. The van der Waals surface area contributed by atoms with Crippen LogP contribution >= 0.6 is 15.9 Å². The molecule has 0 saturated carbocycles. The molecular weight excluding hydrogens is 280 g/mol. The minimum absolute atomic E-state index is 0.119. The third kappa shape index (κ3) is 2.69. The van der Waals surface area contributed by atoms with E-state index in [9.17, 15) is 14.9 Å². The molecule has 1 amide bonds. The van der Waals surface area contributed by atoms with Crippen LogP contribution in [-0.4, -0.2) is 17.9 Å². The fourth-order valence-corrected chi connectivity index (χ4v) is 1.63. The van der Waals surface area contributed by atoms with Gasteiger partial charge in [-0.05, 0) is 22.0 Å². The molecule has 1 rings (SSSR count). The monoisotopic (exact) mass is 288 g/mol. The number of carbonyl (C=O) groups excluding carboxylic acids is 1. The van der Waals surface area contributed by atoms with Gasteiger partial charge < -0.3 is 10.1 Å². The Balaban J connectivity index is 3.26. The van der Waals surface area contributed by atoms with Crippen LogP contribution in [0.5, 0.6) is 5.75 Å². The number of benzene rings is 1. The molecule has 1 aromatic carbocycles. The fraction of sp³-hybridized carbons (Fsp3) is 0.222. The second kappa shape index (κ2) is 4.93. The van der Waals surface area contributed by atoms with Gasteiger partial charge in [-0.2, -0.15) is 0 Å². The zero-order chi connectivity index (χ0) is 12.3. The maximum Gasteiger partial charge on any atom is 0.287 e. The summed E-state index contributed by atoms with van der Waals surface area (Å²) in [5.74, 6) is -0.0378. The van der Waals surface area contributed by atoms with Gasteiger partial charge in [0, 0.05) is 6.92 Å². The zero-order valence-corrected chi connectivity index (χ0v) is 10.2. The molecule has 6 nitrogen and oxygen atoms in total. The minimum atomic E-state index is -0.538. The van der Waals surface area contributed by atoms with Crippen LogP contribution in [0.4, 0.5) is 11.4 Å². The van der Waals surface area contributed by atoms with Crippen LogP contribution in [0, 0.1) is 10.1 Å².